The number of fused-ring (bicyclic) bond motifs is 2. The number of aliphatic imine (C=N–C) groups is 1. The van der Waals surface area contributed by atoms with E-state index in [4.69, 9.17) is 19.2 Å². The molecule has 0 saturated heterocycles. The van der Waals surface area contributed by atoms with Crippen molar-refractivity contribution in [3.63, 3.8) is 0 Å². The van der Waals surface area contributed by atoms with E-state index in [0.717, 1.165) is 49.7 Å². The van der Waals surface area contributed by atoms with Gasteiger partial charge in [-0.1, -0.05) is 68.4 Å². The molecule has 1 atom stereocenters. The highest BCUT2D eigenvalue weighted by molar-refractivity contribution is 6.15. The monoisotopic (exact) mass is 425 g/mol. The Morgan fingerprint density at radius 2 is 1.56 bits per heavy atom. The minimum atomic E-state index is 0.140. The van der Waals surface area contributed by atoms with Crippen LogP contribution in [0.4, 0.5) is 0 Å². The average molecular weight is 426 g/mol. The van der Waals surface area contributed by atoms with Gasteiger partial charge in [0.1, 0.15) is 18.1 Å². The molecule has 0 aliphatic carbocycles. The van der Waals surface area contributed by atoms with Crippen LogP contribution in [0.1, 0.15) is 19.4 Å². The molecule has 4 aromatic rings. The Balaban J connectivity index is 1.88. The molecule has 0 N–H and O–H groups in total. The minimum Gasteiger partial charge on any atom is -0.496 e. The van der Waals surface area contributed by atoms with Crippen LogP contribution in [0.25, 0.3) is 32.7 Å². The predicted octanol–water partition coefficient (Wildman–Crippen LogP) is 6.48. The number of hydrogen-bond acceptors (Lipinski definition) is 4. The Kier molecular flexibility index (Phi) is 5.22. The fourth-order valence-corrected chi connectivity index (χ4v) is 4.50. The smallest absolute Gasteiger partial charge is 0.217 e. The van der Waals surface area contributed by atoms with Gasteiger partial charge in [-0.25, -0.2) is 4.99 Å². The van der Waals surface area contributed by atoms with E-state index in [1.807, 2.05) is 18.2 Å². The molecule has 0 bridgehead atoms. The van der Waals surface area contributed by atoms with Crippen molar-refractivity contribution in [2.24, 2.45) is 10.9 Å². The molecule has 1 aliphatic heterocycles. The lowest BCUT2D eigenvalue weighted by atomic mass is 9.90. The summed E-state index contributed by atoms with van der Waals surface area (Å²) in [5.41, 5.74) is 2.86. The molecule has 4 aromatic carbocycles. The highest BCUT2D eigenvalue weighted by atomic mass is 16.5. The van der Waals surface area contributed by atoms with Crippen LogP contribution in [-0.2, 0) is 4.74 Å². The second-order valence-corrected chi connectivity index (χ2v) is 8.47. The van der Waals surface area contributed by atoms with Crippen LogP contribution >= 0.6 is 0 Å². The number of nitrogens with zero attached hydrogens (tertiary/aromatic N) is 1. The van der Waals surface area contributed by atoms with Crippen molar-refractivity contribution in [3.05, 3.63) is 72.3 Å². The Labute approximate surface area is 188 Å². The molecule has 0 saturated carbocycles. The van der Waals surface area contributed by atoms with Gasteiger partial charge in [0.2, 0.25) is 5.90 Å². The quantitative estimate of drug-likeness (QED) is 0.367. The lowest BCUT2D eigenvalue weighted by Crippen LogP contribution is -2.13. The fraction of sp³-hybridized carbons (Fsp3) is 0.250. The first-order valence-corrected chi connectivity index (χ1v) is 11.0. The second kappa shape index (κ2) is 8.19. The van der Waals surface area contributed by atoms with Crippen LogP contribution in [0.2, 0.25) is 0 Å². The second-order valence-electron chi connectivity index (χ2n) is 8.47. The zero-order chi connectivity index (χ0) is 22.2. The summed E-state index contributed by atoms with van der Waals surface area (Å²) in [7, 11) is 3.43. The molecule has 1 heterocycles. The van der Waals surface area contributed by atoms with Gasteiger partial charge < -0.3 is 14.2 Å². The van der Waals surface area contributed by atoms with Gasteiger partial charge in [-0.05, 0) is 34.2 Å². The number of hydrogen-bond donors (Lipinski definition) is 0. The van der Waals surface area contributed by atoms with Gasteiger partial charge in [-0.2, -0.15) is 0 Å². The van der Waals surface area contributed by atoms with Gasteiger partial charge in [0.25, 0.3) is 0 Å². The summed E-state index contributed by atoms with van der Waals surface area (Å²) < 4.78 is 18.1. The number of methoxy groups -OCH3 is 2. The molecule has 0 amide bonds. The van der Waals surface area contributed by atoms with Gasteiger partial charge in [0.15, 0.2) is 0 Å². The van der Waals surface area contributed by atoms with E-state index in [1.54, 1.807) is 14.2 Å². The molecule has 0 fully saturated rings. The minimum absolute atomic E-state index is 0.140. The first kappa shape index (κ1) is 20.4. The van der Waals surface area contributed by atoms with Crippen molar-refractivity contribution in [1.29, 1.82) is 0 Å². The molecular weight excluding hydrogens is 398 g/mol. The maximum absolute atomic E-state index is 6.20. The van der Waals surface area contributed by atoms with E-state index in [1.165, 1.54) is 0 Å². The average Bonchev–Trinajstić information content (AvgIpc) is 3.32. The maximum Gasteiger partial charge on any atom is 0.217 e. The van der Waals surface area contributed by atoms with Crippen LogP contribution in [0.15, 0.2) is 71.7 Å². The molecule has 0 unspecified atom stereocenters. The van der Waals surface area contributed by atoms with E-state index in [9.17, 15) is 0 Å². The largest absolute Gasteiger partial charge is 0.496 e. The van der Waals surface area contributed by atoms with E-state index in [-0.39, 0.29) is 6.04 Å². The van der Waals surface area contributed by atoms with Crippen LogP contribution in [0.3, 0.4) is 0 Å². The summed E-state index contributed by atoms with van der Waals surface area (Å²) in [5.74, 6) is 2.66. The number of benzene rings is 4. The zero-order valence-electron chi connectivity index (χ0n) is 18.9. The van der Waals surface area contributed by atoms with Gasteiger partial charge in [-0.15, -0.1) is 0 Å². The third kappa shape index (κ3) is 3.27. The standard InChI is InChI=1S/C28H27NO3/c1-17(2)23-16-32-28(29-23)26-20-11-7-6-10-19(20)15-24(30-3)25(26)22-14-13-18-9-5-8-12-21(18)27(22)31-4/h5-15,17,23H,16H2,1-4H3/t23-/m1/s1. The van der Waals surface area contributed by atoms with Crippen molar-refractivity contribution >= 4 is 27.4 Å². The summed E-state index contributed by atoms with van der Waals surface area (Å²) >= 11 is 0. The van der Waals surface area contributed by atoms with Crippen molar-refractivity contribution in [2.75, 3.05) is 20.8 Å². The molecule has 4 nitrogen and oxygen atoms in total. The molecule has 162 valence electrons. The van der Waals surface area contributed by atoms with Gasteiger partial charge in [0, 0.05) is 16.5 Å². The van der Waals surface area contributed by atoms with Crippen molar-refractivity contribution < 1.29 is 14.2 Å². The van der Waals surface area contributed by atoms with Crippen molar-refractivity contribution in [1.82, 2.24) is 0 Å². The summed E-state index contributed by atoms with van der Waals surface area (Å²) in [6, 6.07) is 23.0. The third-order valence-corrected chi connectivity index (χ3v) is 6.24. The van der Waals surface area contributed by atoms with E-state index < -0.39 is 0 Å². The molecule has 4 heteroatoms. The Bertz CT molecular complexity index is 1340. The first-order chi connectivity index (χ1) is 15.6. The summed E-state index contributed by atoms with van der Waals surface area (Å²) in [6.45, 7) is 4.95. The van der Waals surface area contributed by atoms with Crippen molar-refractivity contribution in [3.8, 4) is 22.6 Å². The zero-order valence-corrected chi connectivity index (χ0v) is 18.9. The molecule has 5 rings (SSSR count). The molecule has 0 spiro atoms. The third-order valence-electron chi connectivity index (χ3n) is 6.24. The van der Waals surface area contributed by atoms with Crippen LogP contribution in [-0.4, -0.2) is 32.8 Å². The van der Waals surface area contributed by atoms with E-state index in [0.29, 0.717) is 18.4 Å². The SMILES string of the molecule is COc1cc2ccccc2c(C2=N[C@@H](C(C)C)CO2)c1-c1ccc2ccccc2c1OC. The summed E-state index contributed by atoms with van der Waals surface area (Å²) in [4.78, 5) is 4.99. The van der Waals surface area contributed by atoms with Crippen LogP contribution in [0, 0.1) is 5.92 Å². The van der Waals surface area contributed by atoms with E-state index in [2.05, 4.69) is 62.4 Å². The topological polar surface area (TPSA) is 40.0 Å². The Hall–Kier alpha value is -3.53. The summed E-state index contributed by atoms with van der Waals surface area (Å²) in [5, 5.41) is 4.36. The Morgan fingerprint density at radius 1 is 0.844 bits per heavy atom. The number of ether oxygens (including phenoxy) is 3. The highest BCUT2D eigenvalue weighted by Gasteiger charge is 2.29. The summed E-state index contributed by atoms with van der Waals surface area (Å²) in [6.07, 6.45) is 0. The molecule has 32 heavy (non-hydrogen) atoms. The first-order valence-electron chi connectivity index (χ1n) is 11.0. The lowest BCUT2D eigenvalue weighted by Gasteiger charge is -2.20. The molecule has 0 aromatic heterocycles. The van der Waals surface area contributed by atoms with Gasteiger partial charge >= 0.3 is 0 Å². The molecular formula is C28H27NO3. The normalized spacial score (nSPS) is 15.8. The maximum atomic E-state index is 6.20. The van der Waals surface area contributed by atoms with Crippen LogP contribution in [0.5, 0.6) is 11.5 Å². The van der Waals surface area contributed by atoms with Crippen LogP contribution < -0.4 is 9.47 Å². The van der Waals surface area contributed by atoms with Gasteiger partial charge in [-0.3, -0.25) is 0 Å². The molecule has 1 aliphatic rings. The number of rotatable bonds is 5. The Morgan fingerprint density at radius 3 is 2.25 bits per heavy atom. The fourth-order valence-electron chi connectivity index (χ4n) is 4.50. The lowest BCUT2D eigenvalue weighted by molar-refractivity contribution is 0.292. The van der Waals surface area contributed by atoms with Gasteiger partial charge in [0.05, 0.1) is 25.8 Å². The van der Waals surface area contributed by atoms with Crippen molar-refractivity contribution in [2.45, 2.75) is 19.9 Å². The highest BCUT2D eigenvalue weighted by Crippen LogP contribution is 2.46. The molecule has 0 radical (unpaired) electrons. The predicted molar refractivity (Wildman–Crippen MR) is 131 cm³/mol. The van der Waals surface area contributed by atoms with E-state index >= 15 is 0 Å².